The molecule has 0 saturated heterocycles. The molecule has 1 aromatic heterocycles. The van der Waals surface area contributed by atoms with Crippen LogP contribution >= 0.6 is 28.7 Å². The fourth-order valence-electron chi connectivity index (χ4n) is 2.77. The molecular formula is C19H19BrN4O3S. The second kappa shape index (κ2) is 8.66. The van der Waals surface area contributed by atoms with E-state index in [9.17, 15) is 0 Å². The summed E-state index contributed by atoms with van der Waals surface area (Å²) >= 11 is 1.60. The van der Waals surface area contributed by atoms with Crippen molar-refractivity contribution in [2.75, 3.05) is 27.1 Å². The highest BCUT2D eigenvalue weighted by Gasteiger charge is 2.21. The molecule has 28 heavy (non-hydrogen) atoms. The van der Waals surface area contributed by atoms with Crippen molar-refractivity contribution in [1.82, 2.24) is 14.9 Å². The van der Waals surface area contributed by atoms with Crippen LogP contribution in [-0.4, -0.2) is 47.7 Å². The lowest BCUT2D eigenvalue weighted by atomic mass is 10.1. The van der Waals surface area contributed by atoms with Gasteiger partial charge in [-0.3, -0.25) is 0 Å². The van der Waals surface area contributed by atoms with E-state index in [1.54, 1.807) is 37.8 Å². The number of ether oxygens (including phenoxy) is 3. The Hall–Kier alpha value is -2.52. The summed E-state index contributed by atoms with van der Waals surface area (Å²) in [5, 5.41) is 14.1. The van der Waals surface area contributed by atoms with Gasteiger partial charge in [0.15, 0.2) is 5.82 Å². The van der Waals surface area contributed by atoms with Crippen LogP contribution in [0.4, 0.5) is 0 Å². The van der Waals surface area contributed by atoms with Crippen molar-refractivity contribution in [3.05, 3.63) is 48.0 Å². The molecule has 2 aromatic carbocycles. The Balaban J connectivity index is 0.00000225. The standard InChI is InChI=1S/C19H18N4O3S.BrH/c1-24-14-6-4-12(5-7-14)17-11-27-19-21-20-18(23(19)22-17)13-8-15(25-2)10-16(9-13)26-3;/h4-10H,11H2,1-3H3;1H. The number of rotatable bonds is 5. The van der Waals surface area contributed by atoms with E-state index < -0.39 is 0 Å². The third kappa shape index (κ3) is 3.85. The third-order valence-corrected chi connectivity index (χ3v) is 5.13. The fourth-order valence-corrected chi connectivity index (χ4v) is 3.61. The van der Waals surface area contributed by atoms with Crippen molar-refractivity contribution in [2.45, 2.75) is 5.16 Å². The molecule has 0 spiro atoms. The largest absolute Gasteiger partial charge is 0.497 e. The molecule has 9 heteroatoms. The van der Waals surface area contributed by atoms with Crippen molar-refractivity contribution < 1.29 is 14.2 Å². The van der Waals surface area contributed by atoms with Gasteiger partial charge >= 0.3 is 0 Å². The van der Waals surface area contributed by atoms with Crippen LogP contribution in [0.3, 0.4) is 0 Å². The summed E-state index contributed by atoms with van der Waals surface area (Å²) in [7, 11) is 4.89. The first-order chi connectivity index (χ1) is 13.2. The maximum absolute atomic E-state index is 5.36. The Labute approximate surface area is 177 Å². The van der Waals surface area contributed by atoms with Gasteiger partial charge in [0.2, 0.25) is 5.16 Å². The molecule has 0 N–H and O–H groups in total. The van der Waals surface area contributed by atoms with Gasteiger partial charge in [0.25, 0.3) is 0 Å². The SMILES string of the molecule is Br.COc1ccc(C2=Nn3c(nnc3-c3cc(OC)cc(OC)c3)SC2)cc1. The van der Waals surface area contributed by atoms with E-state index in [1.165, 1.54) is 0 Å². The van der Waals surface area contributed by atoms with Gasteiger partial charge in [-0.2, -0.15) is 9.78 Å². The fraction of sp³-hybridized carbons (Fsp3) is 0.211. The molecule has 1 aliphatic rings. The highest BCUT2D eigenvalue weighted by Crippen LogP contribution is 2.32. The molecule has 0 bridgehead atoms. The van der Waals surface area contributed by atoms with Gasteiger partial charge < -0.3 is 14.2 Å². The van der Waals surface area contributed by atoms with Crippen molar-refractivity contribution in [2.24, 2.45) is 5.10 Å². The maximum Gasteiger partial charge on any atom is 0.212 e. The number of thioether (sulfide) groups is 1. The van der Waals surface area contributed by atoms with E-state index in [2.05, 4.69) is 10.2 Å². The number of halogens is 1. The van der Waals surface area contributed by atoms with Crippen LogP contribution in [0, 0.1) is 0 Å². The van der Waals surface area contributed by atoms with Crippen LogP contribution in [0.1, 0.15) is 5.56 Å². The van der Waals surface area contributed by atoms with Crippen LogP contribution in [-0.2, 0) is 0 Å². The number of fused-ring (bicyclic) bond motifs is 1. The molecule has 0 amide bonds. The minimum Gasteiger partial charge on any atom is -0.497 e. The zero-order valence-electron chi connectivity index (χ0n) is 15.6. The van der Waals surface area contributed by atoms with Crippen LogP contribution in [0.5, 0.6) is 17.2 Å². The lowest BCUT2D eigenvalue weighted by molar-refractivity contribution is 0.394. The summed E-state index contributed by atoms with van der Waals surface area (Å²) in [6.45, 7) is 0. The second-order valence-electron chi connectivity index (χ2n) is 5.78. The second-order valence-corrected chi connectivity index (χ2v) is 6.73. The molecule has 2 heterocycles. The first-order valence-corrected chi connectivity index (χ1v) is 9.24. The third-order valence-electron chi connectivity index (χ3n) is 4.20. The summed E-state index contributed by atoms with van der Waals surface area (Å²) in [6, 6.07) is 13.5. The summed E-state index contributed by atoms with van der Waals surface area (Å²) in [5.74, 6) is 3.55. The highest BCUT2D eigenvalue weighted by atomic mass is 79.9. The first-order valence-electron chi connectivity index (χ1n) is 8.25. The molecule has 3 aromatic rings. The zero-order chi connectivity index (χ0) is 18.8. The van der Waals surface area contributed by atoms with E-state index in [0.29, 0.717) is 17.3 Å². The quantitative estimate of drug-likeness (QED) is 0.572. The molecule has 0 atom stereocenters. The van der Waals surface area contributed by atoms with E-state index >= 15 is 0 Å². The van der Waals surface area contributed by atoms with E-state index in [1.807, 2.05) is 42.5 Å². The van der Waals surface area contributed by atoms with E-state index in [4.69, 9.17) is 19.3 Å². The Morgan fingerprint density at radius 1 is 0.821 bits per heavy atom. The topological polar surface area (TPSA) is 70.8 Å². The molecule has 0 saturated carbocycles. The molecular weight excluding hydrogens is 444 g/mol. The number of hydrogen-bond donors (Lipinski definition) is 0. The van der Waals surface area contributed by atoms with Crippen molar-refractivity contribution in [1.29, 1.82) is 0 Å². The Morgan fingerprint density at radius 2 is 1.46 bits per heavy atom. The smallest absolute Gasteiger partial charge is 0.212 e. The number of aromatic nitrogens is 3. The minimum absolute atomic E-state index is 0. The summed E-state index contributed by atoms with van der Waals surface area (Å²) < 4.78 is 17.7. The lowest BCUT2D eigenvalue weighted by Gasteiger charge is -2.14. The molecule has 1 aliphatic heterocycles. The molecule has 4 rings (SSSR count). The summed E-state index contributed by atoms with van der Waals surface area (Å²) in [6.07, 6.45) is 0. The van der Waals surface area contributed by atoms with Crippen LogP contribution in [0.25, 0.3) is 11.4 Å². The normalized spacial score (nSPS) is 12.5. The average molecular weight is 463 g/mol. The van der Waals surface area contributed by atoms with Gasteiger partial charge in [0, 0.05) is 17.4 Å². The number of nitrogens with zero attached hydrogens (tertiary/aromatic N) is 4. The van der Waals surface area contributed by atoms with E-state index in [-0.39, 0.29) is 17.0 Å². The predicted molar refractivity (Wildman–Crippen MR) is 115 cm³/mol. The van der Waals surface area contributed by atoms with Gasteiger partial charge in [0.05, 0.1) is 27.0 Å². The molecule has 146 valence electrons. The van der Waals surface area contributed by atoms with Crippen molar-refractivity contribution >= 4 is 34.5 Å². The monoisotopic (exact) mass is 462 g/mol. The van der Waals surface area contributed by atoms with Gasteiger partial charge in [-0.05, 0) is 42.0 Å². The lowest BCUT2D eigenvalue weighted by Crippen LogP contribution is -2.13. The van der Waals surface area contributed by atoms with Crippen LogP contribution in [0.15, 0.2) is 52.7 Å². The molecule has 7 nitrogen and oxygen atoms in total. The molecule has 0 radical (unpaired) electrons. The minimum atomic E-state index is 0. The van der Waals surface area contributed by atoms with Gasteiger partial charge in [-0.15, -0.1) is 27.2 Å². The number of hydrogen-bond acceptors (Lipinski definition) is 7. The Bertz CT molecular complexity index is 983. The van der Waals surface area contributed by atoms with Crippen molar-refractivity contribution in [3.8, 4) is 28.6 Å². The highest BCUT2D eigenvalue weighted by molar-refractivity contribution is 8.93. The first kappa shape index (κ1) is 20.2. The van der Waals surface area contributed by atoms with Gasteiger partial charge in [-0.25, -0.2) is 0 Å². The summed E-state index contributed by atoms with van der Waals surface area (Å²) in [4.78, 5) is 0. The van der Waals surface area contributed by atoms with Crippen LogP contribution < -0.4 is 14.2 Å². The van der Waals surface area contributed by atoms with Gasteiger partial charge in [0.1, 0.15) is 17.2 Å². The number of methoxy groups -OCH3 is 3. The van der Waals surface area contributed by atoms with Crippen molar-refractivity contribution in [3.63, 3.8) is 0 Å². The molecule has 0 aliphatic carbocycles. The average Bonchev–Trinajstić information content (AvgIpc) is 3.16. The van der Waals surface area contributed by atoms with Gasteiger partial charge in [-0.1, -0.05) is 11.8 Å². The predicted octanol–water partition coefficient (Wildman–Crippen LogP) is 3.91. The van der Waals surface area contributed by atoms with E-state index in [0.717, 1.165) is 33.5 Å². The maximum atomic E-state index is 5.36. The Kier molecular flexibility index (Phi) is 6.25. The molecule has 0 fully saturated rings. The van der Waals surface area contributed by atoms with Crippen LogP contribution in [0.2, 0.25) is 0 Å². The summed E-state index contributed by atoms with van der Waals surface area (Å²) in [5.41, 5.74) is 2.81. The number of benzene rings is 2. The zero-order valence-corrected chi connectivity index (χ0v) is 18.1. The molecule has 0 unspecified atom stereocenters. The Morgan fingerprint density at radius 3 is 2.07 bits per heavy atom.